The third-order valence-corrected chi connectivity index (χ3v) is 4.83. The molecule has 1 unspecified atom stereocenters. The summed E-state index contributed by atoms with van der Waals surface area (Å²) in [4.78, 5) is 14.8. The number of nitrogens with zero attached hydrogens (tertiary/aromatic N) is 2. The van der Waals surface area contributed by atoms with Crippen LogP contribution < -0.4 is 4.74 Å². The Labute approximate surface area is 168 Å². The molecule has 0 saturated carbocycles. The van der Waals surface area contributed by atoms with Crippen molar-refractivity contribution in [2.75, 3.05) is 26.2 Å². The molecule has 0 radical (unpaired) electrons. The maximum absolute atomic E-state index is 12.3. The van der Waals surface area contributed by atoms with Crippen LogP contribution in [0.5, 0.6) is 5.75 Å². The van der Waals surface area contributed by atoms with Crippen molar-refractivity contribution >= 4 is 5.97 Å². The summed E-state index contributed by atoms with van der Waals surface area (Å²) in [6, 6.07) is 3.68. The normalized spacial score (nSPS) is 21.7. The van der Waals surface area contributed by atoms with Gasteiger partial charge in [0.05, 0.1) is 24.8 Å². The summed E-state index contributed by atoms with van der Waals surface area (Å²) in [5, 5.41) is 7.12. The van der Waals surface area contributed by atoms with E-state index in [1.807, 2.05) is 17.0 Å². The monoisotopic (exact) mass is 444 g/mol. The van der Waals surface area contributed by atoms with Crippen LogP contribution in [0, 0.1) is 0 Å². The third-order valence-electron chi connectivity index (χ3n) is 4.83. The van der Waals surface area contributed by atoms with E-state index >= 15 is 0 Å². The molecule has 0 aliphatic carbocycles. The Morgan fingerprint density at radius 2 is 1.90 bits per heavy atom. The van der Waals surface area contributed by atoms with Crippen molar-refractivity contribution in [3.8, 4) is 5.75 Å². The number of piperidine rings is 1. The number of carboxylic acids is 1. The molecule has 1 N–H and O–H groups in total. The second-order valence-corrected chi connectivity index (χ2v) is 7.14. The van der Waals surface area contributed by atoms with E-state index in [-0.39, 0.29) is 18.2 Å². The van der Waals surface area contributed by atoms with E-state index in [0.29, 0.717) is 19.7 Å². The van der Waals surface area contributed by atoms with Crippen molar-refractivity contribution in [1.82, 2.24) is 9.88 Å². The van der Waals surface area contributed by atoms with Gasteiger partial charge in [-0.1, -0.05) is 0 Å². The SMILES string of the molecule is FC(F)(F)CCN1CCC2(CC1)CC(Oc1cccnc1)CO2.O=C(O)C(F)(F)F. The number of ether oxygens (including phenoxy) is 2. The minimum absolute atomic E-state index is 0.0130. The van der Waals surface area contributed by atoms with Gasteiger partial charge in [0.25, 0.3) is 0 Å². The number of likely N-dealkylation sites (tertiary alicyclic amines) is 1. The van der Waals surface area contributed by atoms with Gasteiger partial charge in [-0.05, 0) is 25.0 Å². The standard InChI is InChI=1S/C16H21F3N2O2.C2HF3O2/c17-16(18,19)5-9-21-7-3-15(4-8-21)10-14(12-22-15)23-13-2-1-6-20-11-13;3-2(4,5)1(6)7/h1-2,6,11,14H,3-5,7-10,12H2;(H,6,7). The third kappa shape index (κ3) is 7.98. The number of carbonyl (C=O) groups is 1. The Hall–Kier alpha value is -2.08. The van der Waals surface area contributed by atoms with Crippen molar-refractivity contribution < 1.29 is 45.7 Å². The zero-order valence-corrected chi connectivity index (χ0v) is 15.9. The van der Waals surface area contributed by atoms with Gasteiger partial charge in [0.15, 0.2) is 0 Å². The fraction of sp³-hybridized carbons (Fsp3) is 0.667. The molecule has 2 aliphatic heterocycles. The lowest BCUT2D eigenvalue weighted by Gasteiger charge is -2.38. The highest BCUT2D eigenvalue weighted by molar-refractivity contribution is 5.73. The highest BCUT2D eigenvalue weighted by Gasteiger charge is 2.44. The van der Waals surface area contributed by atoms with Crippen molar-refractivity contribution in [1.29, 1.82) is 0 Å². The van der Waals surface area contributed by atoms with Crippen LogP contribution in [-0.4, -0.2) is 71.3 Å². The lowest BCUT2D eigenvalue weighted by atomic mass is 9.88. The summed E-state index contributed by atoms with van der Waals surface area (Å²) in [6.45, 7) is 1.90. The first-order valence-electron chi connectivity index (χ1n) is 9.18. The highest BCUT2D eigenvalue weighted by atomic mass is 19.4. The van der Waals surface area contributed by atoms with Crippen LogP contribution in [0.15, 0.2) is 24.5 Å². The molecule has 30 heavy (non-hydrogen) atoms. The number of halogens is 6. The fourth-order valence-corrected chi connectivity index (χ4v) is 3.30. The highest BCUT2D eigenvalue weighted by Crippen LogP contribution is 2.37. The number of aliphatic carboxylic acids is 1. The largest absolute Gasteiger partial charge is 0.490 e. The number of aromatic nitrogens is 1. The van der Waals surface area contributed by atoms with Gasteiger partial charge in [0, 0.05) is 32.3 Å². The predicted molar refractivity (Wildman–Crippen MR) is 92.0 cm³/mol. The number of alkyl halides is 6. The quantitative estimate of drug-likeness (QED) is 0.715. The van der Waals surface area contributed by atoms with Gasteiger partial charge >= 0.3 is 18.3 Å². The maximum Gasteiger partial charge on any atom is 0.490 e. The Balaban J connectivity index is 0.000000396. The molecule has 12 heteroatoms. The van der Waals surface area contributed by atoms with Crippen LogP contribution >= 0.6 is 0 Å². The van der Waals surface area contributed by atoms with Gasteiger partial charge in [-0.15, -0.1) is 0 Å². The van der Waals surface area contributed by atoms with Crippen molar-refractivity contribution in [2.45, 2.75) is 49.7 Å². The summed E-state index contributed by atoms with van der Waals surface area (Å²) in [6.07, 6.45) is -4.25. The molecule has 3 heterocycles. The average molecular weight is 444 g/mol. The zero-order valence-electron chi connectivity index (χ0n) is 15.9. The molecule has 6 nitrogen and oxygen atoms in total. The van der Waals surface area contributed by atoms with Crippen molar-refractivity contribution in [3.63, 3.8) is 0 Å². The van der Waals surface area contributed by atoms with Crippen LogP contribution in [0.1, 0.15) is 25.7 Å². The molecular formula is C18H22F6N2O4. The number of rotatable bonds is 4. The topological polar surface area (TPSA) is 71.9 Å². The van der Waals surface area contributed by atoms with E-state index in [1.165, 1.54) is 0 Å². The smallest absolute Gasteiger partial charge is 0.486 e. The van der Waals surface area contributed by atoms with Crippen LogP contribution in [0.4, 0.5) is 26.3 Å². The van der Waals surface area contributed by atoms with Gasteiger partial charge in [-0.25, -0.2) is 4.79 Å². The lowest BCUT2D eigenvalue weighted by molar-refractivity contribution is -0.192. The summed E-state index contributed by atoms with van der Waals surface area (Å²) in [7, 11) is 0. The summed E-state index contributed by atoms with van der Waals surface area (Å²) in [5.74, 6) is -2.03. The first-order valence-corrected chi connectivity index (χ1v) is 9.18. The second-order valence-electron chi connectivity index (χ2n) is 7.14. The van der Waals surface area contributed by atoms with Crippen LogP contribution in [0.25, 0.3) is 0 Å². The van der Waals surface area contributed by atoms with Crippen LogP contribution in [-0.2, 0) is 9.53 Å². The van der Waals surface area contributed by atoms with Gasteiger partial charge in [-0.2, -0.15) is 26.3 Å². The maximum atomic E-state index is 12.3. The van der Waals surface area contributed by atoms with E-state index in [0.717, 1.165) is 25.0 Å². The number of hydrogen-bond acceptors (Lipinski definition) is 5. The van der Waals surface area contributed by atoms with E-state index < -0.39 is 24.7 Å². The van der Waals surface area contributed by atoms with Gasteiger partial charge in [0.1, 0.15) is 11.9 Å². The lowest BCUT2D eigenvalue weighted by Crippen LogP contribution is -2.45. The Bertz CT molecular complexity index is 675. The van der Waals surface area contributed by atoms with Crippen molar-refractivity contribution in [3.05, 3.63) is 24.5 Å². The summed E-state index contributed by atoms with van der Waals surface area (Å²) >= 11 is 0. The first-order chi connectivity index (χ1) is 13.9. The molecule has 3 rings (SSSR count). The first kappa shape index (κ1) is 24.2. The van der Waals surface area contributed by atoms with Crippen LogP contribution in [0.3, 0.4) is 0 Å². The molecule has 170 valence electrons. The molecule has 2 fully saturated rings. The second kappa shape index (κ2) is 9.82. The van der Waals surface area contributed by atoms with Crippen LogP contribution in [0.2, 0.25) is 0 Å². The Morgan fingerprint density at radius 3 is 2.40 bits per heavy atom. The fourth-order valence-electron chi connectivity index (χ4n) is 3.30. The molecule has 0 aromatic carbocycles. The number of hydrogen-bond donors (Lipinski definition) is 1. The van der Waals surface area contributed by atoms with Gasteiger partial charge in [0.2, 0.25) is 0 Å². The molecule has 2 aliphatic rings. The number of carboxylic acid groups (broad SMARTS) is 1. The molecule has 1 aromatic rings. The molecule has 0 amide bonds. The van der Waals surface area contributed by atoms with Crippen molar-refractivity contribution in [2.24, 2.45) is 0 Å². The Kier molecular flexibility index (Phi) is 7.92. The molecule has 2 saturated heterocycles. The minimum Gasteiger partial charge on any atom is -0.486 e. The van der Waals surface area contributed by atoms with Gasteiger partial charge in [-0.3, -0.25) is 4.98 Å². The average Bonchev–Trinajstić information content (AvgIpc) is 3.03. The van der Waals surface area contributed by atoms with E-state index in [4.69, 9.17) is 19.4 Å². The Morgan fingerprint density at radius 1 is 1.27 bits per heavy atom. The predicted octanol–water partition coefficient (Wildman–Crippen LogP) is 3.67. The molecule has 1 atom stereocenters. The number of pyridine rings is 1. The summed E-state index contributed by atoms with van der Waals surface area (Å²) in [5.41, 5.74) is -0.235. The van der Waals surface area contributed by atoms with E-state index in [2.05, 4.69) is 4.98 Å². The molecule has 1 spiro atoms. The zero-order chi connectivity index (χ0) is 22.4. The molecule has 0 bridgehead atoms. The van der Waals surface area contributed by atoms with E-state index in [9.17, 15) is 26.3 Å². The molecule has 1 aromatic heterocycles. The van der Waals surface area contributed by atoms with E-state index in [1.54, 1.807) is 12.4 Å². The molecular weight excluding hydrogens is 422 g/mol. The summed E-state index contributed by atoms with van der Waals surface area (Å²) < 4.78 is 80.4. The van der Waals surface area contributed by atoms with Gasteiger partial charge < -0.3 is 19.5 Å². The minimum atomic E-state index is -5.08.